The number of piperidine rings is 2. The molecular weight excluding hydrogens is 370 g/mol. The summed E-state index contributed by atoms with van der Waals surface area (Å²) >= 11 is 0. The number of fused-ring (bicyclic) bond motifs is 2. The molecule has 29 heavy (non-hydrogen) atoms. The number of carbonyl (C=O) groups is 1. The van der Waals surface area contributed by atoms with E-state index in [1.807, 2.05) is 4.90 Å². The molecule has 1 aromatic rings. The Morgan fingerprint density at radius 3 is 2.48 bits per heavy atom. The van der Waals surface area contributed by atoms with Crippen LogP contribution >= 0.6 is 0 Å². The highest BCUT2D eigenvalue weighted by molar-refractivity contribution is 5.67. The number of β-amino-alcohol motifs (C(OH)–C–C–N with tert-alkyl or cyclic N) is 1. The van der Waals surface area contributed by atoms with E-state index in [2.05, 4.69) is 11.0 Å². The van der Waals surface area contributed by atoms with E-state index in [4.69, 9.17) is 14.7 Å². The van der Waals surface area contributed by atoms with Gasteiger partial charge in [-0.3, -0.25) is 4.90 Å². The van der Waals surface area contributed by atoms with E-state index in [0.717, 1.165) is 32.6 Å². The minimum atomic E-state index is -0.580. The first kappa shape index (κ1) is 20.0. The van der Waals surface area contributed by atoms with Crippen molar-refractivity contribution in [1.29, 1.82) is 5.26 Å². The smallest absolute Gasteiger partial charge is 0.409 e. The molecular formula is C22H29N3O4. The van der Waals surface area contributed by atoms with Crippen molar-refractivity contribution in [1.82, 2.24) is 9.80 Å². The highest BCUT2D eigenvalue weighted by Crippen LogP contribution is 2.31. The highest BCUT2D eigenvalue weighted by Gasteiger charge is 2.37. The first-order chi connectivity index (χ1) is 14.1. The molecule has 0 spiro atoms. The van der Waals surface area contributed by atoms with Crippen LogP contribution in [0.4, 0.5) is 4.79 Å². The van der Waals surface area contributed by atoms with E-state index in [1.165, 1.54) is 12.8 Å². The van der Waals surface area contributed by atoms with E-state index >= 15 is 0 Å². The predicted molar refractivity (Wildman–Crippen MR) is 106 cm³/mol. The maximum Gasteiger partial charge on any atom is 0.409 e. The van der Waals surface area contributed by atoms with Gasteiger partial charge < -0.3 is 19.5 Å². The number of benzene rings is 1. The Bertz CT molecular complexity index is 729. The number of amides is 1. The molecule has 1 N–H and O–H groups in total. The molecule has 4 rings (SSSR count). The average molecular weight is 399 g/mol. The normalized spacial score (nSPS) is 25.2. The molecule has 2 aliphatic heterocycles. The van der Waals surface area contributed by atoms with E-state index in [1.54, 1.807) is 24.3 Å². The lowest BCUT2D eigenvalue weighted by Gasteiger charge is -2.45. The van der Waals surface area contributed by atoms with Crippen molar-refractivity contribution in [3.63, 3.8) is 0 Å². The van der Waals surface area contributed by atoms with Crippen molar-refractivity contribution in [3.05, 3.63) is 29.8 Å². The standard InChI is InChI=1S/C22H29N3O4/c23-8-16-3-5-21(6-4-16)28-15-20(26)13-24-9-18-7-19(10-24)12-25(11-18)22(27)29-14-17-1-2-17/h3-6,17-20,26H,1-2,7,9-15H2. The molecule has 3 unspecified atom stereocenters. The van der Waals surface area contributed by atoms with Gasteiger partial charge in [0, 0.05) is 32.7 Å². The molecule has 3 aliphatic rings. The number of carbonyl (C=O) groups excluding carboxylic acids is 1. The van der Waals surface area contributed by atoms with Crippen molar-refractivity contribution in [2.75, 3.05) is 45.9 Å². The fourth-order valence-electron chi connectivity index (χ4n) is 4.42. The molecule has 1 aromatic carbocycles. The summed E-state index contributed by atoms with van der Waals surface area (Å²) in [5.41, 5.74) is 0.586. The fourth-order valence-corrected chi connectivity index (χ4v) is 4.42. The zero-order valence-corrected chi connectivity index (χ0v) is 16.7. The van der Waals surface area contributed by atoms with Gasteiger partial charge in [-0.15, -0.1) is 0 Å². The van der Waals surface area contributed by atoms with Crippen LogP contribution in [0.1, 0.15) is 24.8 Å². The SMILES string of the molecule is N#Cc1ccc(OCC(O)CN2CC3CC(C2)CN(C(=O)OCC2CC2)C3)cc1. The summed E-state index contributed by atoms with van der Waals surface area (Å²) in [7, 11) is 0. The van der Waals surface area contributed by atoms with E-state index < -0.39 is 6.10 Å². The Morgan fingerprint density at radius 2 is 1.86 bits per heavy atom. The predicted octanol–water partition coefficient (Wildman–Crippen LogP) is 2.10. The molecule has 2 saturated heterocycles. The van der Waals surface area contributed by atoms with Gasteiger partial charge in [0.15, 0.2) is 0 Å². The fraction of sp³-hybridized carbons (Fsp3) is 0.636. The van der Waals surface area contributed by atoms with Gasteiger partial charge in [0.2, 0.25) is 0 Å². The molecule has 3 fully saturated rings. The third-order valence-corrected chi connectivity index (χ3v) is 5.95. The maximum absolute atomic E-state index is 12.3. The lowest BCUT2D eigenvalue weighted by atomic mass is 9.84. The van der Waals surface area contributed by atoms with Crippen molar-refractivity contribution < 1.29 is 19.4 Å². The Kier molecular flexibility index (Phi) is 6.22. The first-order valence-corrected chi connectivity index (χ1v) is 10.5. The second-order valence-corrected chi connectivity index (χ2v) is 8.71. The molecule has 7 heteroatoms. The van der Waals surface area contributed by atoms with Crippen molar-refractivity contribution in [3.8, 4) is 11.8 Å². The summed E-state index contributed by atoms with van der Waals surface area (Å²) in [5, 5.41) is 19.2. The second kappa shape index (κ2) is 9.02. The molecule has 3 atom stereocenters. The van der Waals surface area contributed by atoms with Crippen molar-refractivity contribution in [2.45, 2.75) is 25.4 Å². The Morgan fingerprint density at radius 1 is 1.17 bits per heavy atom. The van der Waals surface area contributed by atoms with Crippen LogP contribution in [0.2, 0.25) is 0 Å². The molecule has 0 radical (unpaired) electrons. The van der Waals surface area contributed by atoms with Crippen LogP contribution in [-0.4, -0.2) is 73.0 Å². The lowest BCUT2D eigenvalue weighted by Crippen LogP contribution is -2.55. The van der Waals surface area contributed by atoms with Crippen LogP contribution in [0.25, 0.3) is 0 Å². The van der Waals surface area contributed by atoms with Gasteiger partial charge in [0.05, 0.1) is 18.2 Å². The summed E-state index contributed by atoms with van der Waals surface area (Å²) in [6.45, 7) is 4.62. The quantitative estimate of drug-likeness (QED) is 0.756. The summed E-state index contributed by atoms with van der Waals surface area (Å²) in [6.07, 6.45) is 2.77. The monoisotopic (exact) mass is 399 g/mol. The van der Waals surface area contributed by atoms with E-state index in [-0.39, 0.29) is 12.7 Å². The zero-order chi connectivity index (χ0) is 20.2. The van der Waals surface area contributed by atoms with E-state index in [0.29, 0.717) is 42.2 Å². The van der Waals surface area contributed by atoms with Crippen molar-refractivity contribution >= 4 is 6.09 Å². The molecule has 1 aliphatic carbocycles. The number of ether oxygens (including phenoxy) is 2. The van der Waals surface area contributed by atoms with Gasteiger partial charge in [0.25, 0.3) is 0 Å². The Hall–Kier alpha value is -2.30. The van der Waals surface area contributed by atoms with Gasteiger partial charge in [-0.25, -0.2) is 4.79 Å². The minimum Gasteiger partial charge on any atom is -0.491 e. The van der Waals surface area contributed by atoms with Gasteiger partial charge in [-0.05, 0) is 61.3 Å². The van der Waals surface area contributed by atoms with Crippen molar-refractivity contribution in [2.24, 2.45) is 17.8 Å². The molecule has 0 aromatic heterocycles. The zero-order valence-electron chi connectivity index (χ0n) is 16.7. The van der Waals surface area contributed by atoms with Gasteiger partial charge in [-0.1, -0.05) is 0 Å². The second-order valence-electron chi connectivity index (χ2n) is 8.71. The van der Waals surface area contributed by atoms with Crippen LogP contribution in [-0.2, 0) is 4.74 Å². The number of nitrogens with zero attached hydrogens (tertiary/aromatic N) is 3. The first-order valence-electron chi connectivity index (χ1n) is 10.5. The topological polar surface area (TPSA) is 86.0 Å². The largest absolute Gasteiger partial charge is 0.491 e. The molecule has 2 heterocycles. The number of likely N-dealkylation sites (tertiary alicyclic amines) is 2. The maximum atomic E-state index is 12.3. The Labute approximate surface area is 171 Å². The molecule has 2 bridgehead atoms. The molecule has 1 amide bonds. The number of hydrogen-bond acceptors (Lipinski definition) is 6. The van der Waals surface area contributed by atoms with Gasteiger partial charge in [0.1, 0.15) is 18.5 Å². The summed E-state index contributed by atoms with van der Waals surface area (Å²) < 4.78 is 11.1. The average Bonchev–Trinajstić information content (AvgIpc) is 3.54. The third-order valence-electron chi connectivity index (χ3n) is 5.95. The number of aliphatic hydroxyl groups is 1. The van der Waals surface area contributed by atoms with Crippen LogP contribution in [0, 0.1) is 29.1 Å². The third kappa shape index (κ3) is 5.62. The number of hydrogen-bond donors (Lipinski definition) is 1. The van der Waals surface area contributed by atoms with Crippen LogP contribution in [0.5, 0.6) is 5.75 Å². The van der Waals surface area contributed by atoms with Gasteiger partial charge >= 0.3 is 6.09 Å². The summed E-state index contributed by atoms with van der Waals surface area (Å²) in [6, 6.07) is 8.97. The van der Waals surface area contributed by atoms with E-state index in [9.17, 15) is 9.90 Å². The summed E-state index contributed by atoms with van der Waals surface area (Å²) in [5.74, 6) is 2.11. The number of aliphatic hydroxyl groups excluding tert-OH is 1. The molecule has 156 valence electrons. The van der Waals surface area contributed by atoms with Gasteiger partial charge in [-0.2, -0.15) is 5.26 Å². The number of nitriles is 1. The minimum absolute atomic E-state index is 0.157. The highest BCUT2D eigenvalue weighted by atomic mass is 16.6. The summed E-state index contributed by atoms with van der Waals surface area (Å²) in [4.78, 5) is 16.5. The molecule has 1 saturated carbocycles. The molecule has 7 nitrogen and oxygen atoms in total. The number of rotatable bonds is 7. The Balaban J connectivity index is 1.20. The van der Waals surface area contributed by atoms with Crippen LogP contribution < -0.4 is 4.74 Å². The van der Waals surface area contributed by atoms with Crippen LogP contribution in [0.15, 0.2) is 24.3 Å². The lowest BCUT2D eigenvalue weighted by molar-refractivity contribution is -0.00215. The van der Waals surface area contributed by atoms with Crippen LogP contribution in [0.3, 0.4) is 0 Å².